The van der Waals surface area contributed by atoms with Crippen LogP contribution in [0.25, 0.3) is 0 Å². The van der Waals surface area contributed by atoms with Gasteiger partial charge >= 0.3 is 6.01 Å². The van der Waals surface area contributed by atoms with Crippen molar-refractivity contribution in [3.8, 4) is 6.01 Å². The molecule has 0 aliphatic rings. The van der Waals surface area contributed by atoms with Gasteiger partial charge in [-0.2, -0.15) is 15.0 Å². The molecule has 1 rings (SSSR count). The van der Waals surface area contributed by atoms with Crippen molar-refractivity contribution in [1.82, 2.24) is 15.0 Å². The molecule has 0 bridgehead atoms. The van der Waals surface area contributed by atoms with Crippen molar-refractivity contribution >= 4 is 5.95 Å². The average Bonchev–Trinajstić information content (AvgIpc) is 2.25. The van der Waals surface area contributed by atoms with Crippen LogP contribution < -0.4 is 10.1 Å². The SMILES string of the molecule is CCCCc1nc(NC)nc(OC(C)C)n1. The first-order chi connectivity index (χ1) is 7.65. The molecule has 0 aliphatic carbocycles. The minimum Gasteiger partial charge on any atom is -0.461 e. The predicted octanol–water partition coefficient (Wildman–Crippen LogP) is 2.04. The molecular formula is C11H20N4O. The third kappa shape index (κ3) is 4.00. The van der Waals surface area contributed by atoms with Crippen LogP contribution >= 0.6 is 0 Å². The molecule has 5 nitrogen and oxygen atoms in total. The van der Waals surface area contributed by atoms with Crippen LogP contribution in [0.5, 0.6) is 6.01 Å². The Labute approximate surface area is 96.7 Å². The highest BCUT2D eigenvalue weighted by Gasteiger charge is 2.07. The summed E-state index contributed by atoms with van der Waals surface area (Å²) in [7, 11) is 1.79. The first-order valence-corrected chi connectivity index (χ1v) is 5.75. The molecule has 0 spiro atoms. The van der Waals surface area contributed by atoms with Gasteiger partial charge in [0.15, 0.2) is 0 Å². The van der Waals surface area contributed by atoms with Gasteiger partial charge in [0.25, 0.3) is 0 Å². The molecule has 0 aromatic carbocycles. The Morgan fingerprint density at radius 1 is 1.25 bits per heavy atom. The zero-order valence-corrected chi connectivity index (χ0v) is 10.4. The number of hydrogen-bond donors (Lipinski definition) is 1. The summed E-state index contributed by atoms with van der Waals surface area (Å²) in [6.45, 7) is 6.05. The summed E-state index contributed by atoms with van der Waals surface area (Å²) in [6.07, 6.45) is 3.14. The Hall–Kier alpha value is -1.39. The van der Waals surface area contributed by atoms with E-state index >= 15 is 0 Å². The van der Waals surface area contributed by atoms with E-state index in [4.69, 9.17) is 4.74 Å². The summed E-state index contributed by atoms with van der Waals surface area (Å²) >= 11 is 0. The molecule has 0 atom stereocenters. The number of nitrogens with zero attached hydrogens (tertiary/aromatic N) is 3. The van der Waals surface area contributed by atoms with E-state index in [2.05, 4.69) is 27.2 Å². The summed E-state index contributed by atoms with van der Waals surface area (Å²) in [4.78, 5) is 12.7. The van der Waals surface area contributed by atoms with Crippen LogP contribution in [0.15, 0.2) is 0 Å². The monoisotopic (exact) mass is 224 g/mol. The zero-order valence-electron chi connectivity index (χ0n) is 10.4. The van der Waals surface area contributed by atoms with Gasteiger partial charge in [0.1, 0.15) is 5.82 Å². The number of aryl methyl sites for hydroxylation is 1. The van der Waals surface area contributed by atoms with Gasteiger partial charge in [0.05, 0.1) is 6.10 Å². The standard InChI is InChI=1S/C11H20N4O/c1-5-6-7-9-13-10(12-4)15-11(14-9)16-8(2)3/h8H,5-7H2,1-4H3,(H,12,13,14,15). The second-order valence-corrected chi connectivity index (χ2v) is 3.88. The molecule has 1 aromatic heterocycles. The lowest BCUT2D eigenvalue weighted by Gasteiger charge is -2.09. The third-order valence-electron chi connectivity index (χ3n) is 1.98. The summed E-state index contributed by atoms with van der Waals surface area (Å²) in [5, 5.41) is 2.92. The maximum atomic E-state index is 5.48. The summed E-state index contributed by atoms with van der Waals surface area (Å²) < 4.78 is 5.48. The summed E-state index contributed by atoms with van der Waals surface area (Å²) in [5.74, 6) is 1.36. The highest BCUT2D eigenvalue weighted by molar-refractivity contribution is 5.24. The molecule has 1 aromatic rings. The Bertz CT molecular complexity index is 328. The largest absolute Gasteiger partial charge is 0.461 e. The van der Waals surface area contributed by atoms with E-state index < -0.39 is 0 Å². The Balaban J connectivity index is 2.82. The predicted molar refractivity (Wildman–Crippen MR) is 63.7 cm³/mol. The van der Waals surface area contributed by atoms with Crippen molar-refractivity contribution in [2.75, 3.05) is 12.4 Å². The van der Waals surface area contributed by atoms with Gasteiger partial charge in [-0.25, -0.2) is 0 Å². The maximum absolute atomic E-state index is 5.48. The molecule has 1 heterocycles. The molecule has 90 valence electrons. The quantitative estimate of drug-likeness (QED) is 0.801. The van der Waals surface area contributed by atoms with E-state index in [0.717, 1.165) is 25.1 Å². The van der Waals surface area contributed by atoms with Crippen LogP contribution in [-0.2, 0) is 6.42 Å². The van der Waals surface area contributed by atoms with Crippen LogP contribution in [-0.4, -0.2) is 28.1 Å². The molecule has 0 unspecified atom stereocenters. The molecular weight excluding hydrogens is 204 g/mol. The number of hydrogen-bond acceptors (Lipinski definition) is 5. The van der Waals surface area contributed by atoms with Crippen LogP contribution in [0.2, 0.25) is 0 Å². The van der Waals surface area contributed by atoms with Crippen LogP contribution in [0.4, 0.5) is 5.95 Å². The first-order valence-electron chi connectivity index (χ1n) is 5.75. The second kappa shape index (κ2) is 6.25. The van der Waals surface area contributed by atoms with Gasteiger partial charge in [-0.3, -0.25) is 0 Å². The van der Waals surface area contributed by atoms with Crippen molar-refractivity contribution in [2.24, 2.45) is 0 Å². The van der Waals surface area contributed by atoms with Crippen LogP contribution in [0.1, 0.15) is 39.4 Å². The second-order valence-electron chi connectivity index (χ2n) is 3.88. The lowest BCUT2D eigenvalue weighted by molar-refractivity contribution is 0.221. The Kier molecular flexibility index (Phi) is 4.95. The molecule has 0 radical (unpaired) electrons. The van der Waals surface area contributed by atoms with E-state index in [1.165, 1.54) is 0 Å². The number of nitrogens with one attached hydrogen (secondary N) is 1. The number of aromatic nitrogens is 3. The summed E-state index contributed by atoms with van der Waals surface area (Å²) in [5.41, 5.74) is 0. The fourth-order valence-electron chi connectivity index (χ4n) is 1.22. The molecule has 0 fully saturated rings. The lowest BCUT2D eigenvalue weighted by atomic mass is 10.2. The molecule has 0 saturated carbocycles. The molecule has 1 N–H and O–H groups in total. The lowest BCUT2D eigenvalue weighted by Crippen LogP contribution is -2.12. The number of ether oxygens (including phenoxy) is 1. The van der Waals surface area contributed by atoms with Gasteiger partial charge in [0, 0.05) is 13.5 Å². The van der Waals surface area contributed by atoms with Gasteiger partial charge in [0.2, 0.25) is 5.95 Å². The van der Waals surface area contributed by atoms with Crippen molar-refractivity contribution in [2.45, 2.75) is 46.1 Å². The van der Waals surface area contributed by atoms with Crippen molar-refractivity contribution < 1.29 is 4.74 Å². The maximum Gasteiger partial charge on any atom is 0.321 e. The Morgan fingerprint density at radius 2 is 2.00 bits per heavy atom. The van der Waals surface area contributed by atoms with E-state index in [1.807, 2.05) is 13.8 Å². The van der Waals surface area contributed by atoms with E-state index in [9.17, 15) is 0 Å². The first kappa shape index (κ1) is 12.7. The van der Waals surface area contributed by atoms with Crippen LogP contribution in [0.3, 0.4) is 0 Å². The molecule has 0 amide bonds. The molecule has 5 heteroatoms. The zero-order chi connectivity index (χ0) is 12.0. The number of unbranched alkanes of at least 4 members (excludes halogenated alkanes) is 1. The van der Waals surface area contributed by atoms with E-state index in [0.29, 0.717) is 12.0 Å². The fourth-order valence-corrected chi connectivity index (χ4v) is 1.22. The van der Waals surface area contributed by atoms with Crippen molar-refractivity contribution in [3.05, 3.63) is 5.82 Å². The van der Waals surface area contributed by atoms with Crippen LogP contribution in [0, 0.1) is 0 Å². The fraction of sp³-hybridized carbons (Fsp3) is 0.727. The van der Waals surface area contributed by atoms with Crippen molar-refractivity contribution in [1.29, 1.82) is 0 Å². The minimum absolute atomic E-state index is 0.0751. The van der Waals surface area contributed by atoms with Gasteiger partial charge in [-0.05, 0) is 20.3 Å². The van der Waals surface area contributed by atoms with Gasteiger partial charge in [-0.1, -0.05) is 13.3 Å². The van der Waals surface area contributed by atoms with E-state index in [1.54, 1.807) is 7.05 Å². The topological polar surface area (TPSA) is 59.9 Å². The summed E-state index contributed by atoms with van der Waals surface area (Å²) in [6, 6.07) is 0.403. The highest BCUT2D eigenvalue weighted by atomic mass is 16.5. The third-order valence-corrected chi connectivity index (χ3v) is 1.98. The molecule has 0 aliphatic heterocycles. The minimum atomic E-state index is 0.0751. The van der Waals surface area contributed by atoms with Crippen molar-refractivity contribution in [3.63, 3.8) is 0 Å². The number of anilines is 1. The Morgan fingerprint density at radius 3 is 2.56 bits per heavy atom. The number of rotatable bonds is 6. The molecule has 16 heavy (non-hydrogen) atoms. The normalized spacial score (nSPS) is 10.6. The van der Waals surface area contributed by atoms with E-state index in [-0.39, 0.29) is 6.10 Å². The highest BCUT2D eigenvalue weighted by Crippen LogP contribution is 2.10. The van der Waals surface area contributed by atoms with Gasteiger partial charge in [-0.15, -0.1) is 0 Å². The smallest absolute Gasteiger partial charge is 0.321 e. The molecule has 0 saturated heterocycles. The average molecular weight is 224 g/mol. The van der Waals surface area contributed by atoms with Gasteiger partial charge < -0.3 is 10.1 Å².